The summed E-state index contributed by atoms with van der Waals surface area (Å²) in [6.07, 6.45) is -2.31. The molecular formula is C17H21ClFN3O5. The van der Waals surface area contributed by atoms with Gasteiger partial charge in [-0.25, -0.2) is 19.0 Å². The molecule has 0 aromatic carbocycles. The van der Waals surface area contributed by atoms with Crippen molar-refractivity contribution in [2.24, 2.45) is 0 Å². The van der Waals surface area contributed by atoms with E-state index in [0.29, 0.717) is 0 Å². The number of esters is 1. The number of alkyl halides is 1. The Hall–Kier alpha value is -2.42. The molecular weight excluding hydrogens is 381 g/mol. The number of hydrogen-bond acceptors (Lipinski definition) is 6. The molecule has 8 nitrogen and oxygen atoms in total. The number of pyridine rings is 1. The van der Waals surface area contributed by atoms with Gasteiger partial charge in [0, 0.05) is 6.42 Å². The number of anilines is 1. The van der Waals surface area contributed by atoms with Crippen LogP contribution in [0, 0.1) is 0 Å². The normalized spacial score (nSPS) is 19.6. The molecule has 1 aromatic rings. The molecule has 1 aliphatic heterocycles. The SMILES string of the molecule is COC(=O)c1cc(Cl)nc(NC(=O)[C@@H]2C[C@@H](F)CN2C(=O)OC(C)(C)C)c1. The minimum absolute atomic E-state index is 0.0145. The van der Waals surface area contributed by atoms with Crippen molar-refractivity contribution in [1.82, 2.24) is 9.88 Å². The second-order valence-corrected chi connectivity index (χ2v) is 7.41. The van der Waals surface area contributed by atoms with Crippen LogP contribution in [-0.2, 0) is 14.3 Å². The maximum atomic E-state index is 13.9. The zero-order valence-electron chi connectivity index (χ0n) is 15.4. The number of ether oxygens (including phenoxy) is 2. The highest BCUT2D eigenvalue weighted by Gasteiger charge is 2.41. The number of nitrogens with zero attached hydrogens (tertiary/aromatic N) is 2. The lowest BCUT2D eigenvalue weighted by atomic mass is 10.2. The number of aromatic nitrogens is 1. The average molecular weight is 402 g/mol. The number of hydrogen-bond donors (Lipinski definition) is 1. The maximum absolute atomic E-state index is 13.9. The predicted molar refractivity (Wildman–Crippen MR) is 95.5 cm³/mol. The van der Waals surface area contributed by atoms with Crippen molar-refractivity contribution in [2.45, 2.75) is 45.0 Å². The molecule has 0 aliphatic carbocycles. The van der Waals surface area contributed by atoms with Crippen molar-refractivity contribution in [3.05, 3.63) is 22.8 Å². The van der Waals surface area contributed by atoms with Gasteiger partial charge in [0.2, 0.25) is 5.91 Å². The summed E-state index contributed by atoms with van der Waals surface area (Å²) in [7, 11) is 1.20. The zero-order valence-corrected chi connectivity index (χ0v) is 16.2. The highest BCUT2D eigenvalue weighted by molar-refractivity contribution is 6.30. The Morgan fingerprint density at radius 2 is 2.00 bits per heavy atom. The van der Waals surface area contributed by atoms with E-state index in [0.717, 1.165) is 4.90 Å². The first-order chi connectivity index (χ1) is 12.5. The van der Waals surface area contributed by atoms with Crippen molar-refractivity contribution in [1.29, 1.82) is 0 Å². The Morgan fingerprint density at radius 1 is 1.33 bits per heavy atom. The molecule has 1 N–H and O–H groups in total. The highest BCUT2D eigenvalue weighted by Crippen LogP contribution is 2.25. The molecule has 0 unspecified atom stereocenters. The summed E-state index contributed by atoms with van der Waals surface area (Å²) in [5.74, 6) is -1.33. The van der Waals surface area contributed by atoms with Gasteiger partial charge in [-0.2, -0.15) is 0 Å². The molecule has 10 heteroatoms. The van der Waals surface area contributed by atoms with Gasteiger partial charge in [0.05, 0.1) is 19.2 Å². The van der Waals surface area contributed by atoms with Crippen LogP contribution in [0.15, 0.2) is 12.1 Å². The number of halogens is 2. The number of likely N-dealkylation sites (tertiary alicyclic amines) is 1. The summed E-state index contributed by atoms with van der Waals surface area (Å²) in [6.45, 7) is 4.77. The molecule has 2 atom stereocenters. The second kappa shape index (κ2) is 8.08. The van der Waals surface area contributed by atoms with Crippen LogP contribution in [0.3, 0.4) is 0 Å². The highest BCUT2D eigenvalue weighted by atomic mass is 35.5. The topological polar surface area (TPSA) is 97.8 Å². The lowest BCUT2D eigenvalue weighted by molar-refractivity contribution is -0.120. The first kappa shape index (κ1) is 20.9. The largest absolute Gasteiger partial charge is 0.465 e. The number of rotatable bonds is 3. The monoisotopic (exact) mass is 401 g/mol. The maximum Gasteiger partial charge on any atom is 0.411 e. The van der Waals surface area contributed by atoms with Gasteiger partial charge in [-0.05, 0) is 32.9 Å². The van der Waals surface area contributed by atoms with Gasteiger partial charge in [-0.3, -0.25) is 9.69 Å². The summed E-state index contributed by atoms with van der Waals surface area (Å²) in [5, 5.41) is 2.42. The number of carbonyl (C=O) groups is 3. The quantitative estimate of drug-likeness (QED) is 0.617. The molecule has 2 heterocycles. The van der Waals surface area contributed by atoms with Crippen LogP contribution in [0.4, 0.5) is 15.0 Å². The van der Waals surface area contributed by atoms with Gasteiger partial charge in [-0.1, -0.05) is 11.6 Å². The smallest absolute Gasteiger partial charge is 0.411 e. The lowest BCUT2D eigenvalue weighted by Crippen LogP contribution is -2.45. The standard InChI is InChI=1S/C17H21ClFN3O5/c1-17(2,3)27-16(25)22-8-10(19)7-11(22)14(23)21-13-6-9(15(24)26-4)5-12(18)20-13/h5-6,10-11H,7-8H2,1-4H3,(H,20,21,23)/t10-,11+/m1/s1. The number of nitrogens with one attached hydrogen (secondary N) is 1. The van der Waals surface area contributed by atoms with Crippen molar-refractivity contribution < 1.29 is 28.2 Å². The number of methoxy groups -OCH3 is 1. The van der Waals surface area contributed by atoms with Gasteiger partial charge in [0.1, 0.15) is 28.8 Å². The third-order valence-electron chi connectivity index (χ3n) is 3.65. The third-order valence-corrected chi connectivity index (χ3v) is 3.84. The minimum Gasteiger partial charge on any atom is -0.465 e. The summed E-state index contributed by atoms with van der Waals surface area (Å²) >= 11 is 5.85. The summed E-state index contributed by atoms with van der Waals surface area (Å²) in [4.78, 5) is 41.4. The van der Waals surface area contributed by atoms with Gasteiger partial charge in [-0.15, -0.1) is 0 Å². The summed E-state index contributed by atoms with van der Waals surface area (Å²) in [5.41, 5.74) is -0.692. The van der Waals surface area contributed by atoms with E-state index in [9.17, 15) is 18.8 Å². The summed E-state index contributed by atoms with van der Waals surface area (Å²) in [6, 6.07) is 1.48. The fourth-order valence-electron chi connectivity index (χ4n) is 2.56. The Morgan fingerprint density at radius 3 is 2.59 bits per heavy atom. The molecule has 1 saturated heterocycles. The molecule has 27 heavy (non-hydrogen) atoms. The van der Waals surface area contributed by atoms with Crippen molar-refractivity contribution in [3.63, 3.8) is 0 Å². The van der Waals surface area contributed by atoms with E-state index >= 15 is 0 Å². The van der Waals surface area contributed by atoms with E-state index in [2.05, 4.69) is 15.0 Å². The van der Waals surface area contributed by atoms with Crippen LogP contribution in [0.2, 0.25) is 5.15 Å². The molecule has 2 amide bonds. The van der Waals surface area contributed by atoms with Crippen LogP contribution in [0.25, 0.3) is 0 Å². The minimum atomic E-state index is -1.36. The third kappa shape index (κ3) is 5.53. The molecule has 148 valence electrons. The van der Waals surface area contributed by atoms with Gasteiger partial charge in [0.25, 0.3) is 0 Å². The van der Waals surface area contributed by atoms with Gasteiger partial charge in [0.15, 0.2) is 0 Å². The fraction of sp³-hybridized carbons (Fsp3) is 0.529. The van der Waals surface area contributed by atoms with Crippen molar-refractivity contribution in [3.8, 4) is 0 Å². The Balaban J connectivity index is 2.17. The predicted octanol–water partition coefficient (Wildman–Crippen LogP) is 2.81. The Bertz CT molecular complexity index is 753. The number of amides is 2. The van der Waals surface area contributed by atoms with Crippen LogP contribution in [-0.4, -0.2) is 59.3 Å². The van der Waals surface area contributed by atoms with Crippen LogP contribution in [0.5, 0.6) is 0 Å². The van der Waals surface area contributed by atoms with Gasteiger partial charge >= 0.3 is 12.1 Å². The number of carbonyl (C=O) groups excluding carboxylic acids is 3. The molecule has 2 rings (SSSR count). The van der Waals surface area contributed by atoms with E-state index in [1.54, 1.807) is 20.8 Å². The first-order valence-corrected chi connectivity index (χ1v) is 8.58. The molecule has 0 bridgehead atoms. The van der Waals surface area contributed by atoms with Crippen LogP contribution in [0.1, 0.15) is 37.6 Å². The van der Waals surface area contributed by atoms with Gasteiger partial charge < -0.3 is 14.8 Å². The lowest BCUT2D eigenvalue weighted by Gasteiger charge is -2.27. The van der Waals surface area contributed by atoms with E-state index in [-0.39, 0.29) is 29.5 Å². The van der Waals surface area contributed by atoms with E-state index < -0.39 is 35.8 Å². The van der Waals surface area contributed by atoms with Crippen LogP contribution < -0.4 is 5.32 Å². The molecule has 0 radical (unpaired) electrons. The summed E-state index contributed by atoms with van der Waals surface area (Å²) < 4.78 is 23.7. The second-order valence-electron chi connectivity index (χ2n) is 7.03. The fourth-order valence-corrected chi connectivity index (χ4v) is 2.77. The van der Waals surface area contributed by atoms with Crippen molar-refractivity contribution >= 4 is 35.4 Å². The first-order valence-electron chi connectivity index (χ1n) is 8.20. The molecule has 0 saturated carbocycles. The van der Waals surface area contributed by atoms with E-state index in [1.807, 2.05) is 0 Å². The van der Waals surface area contributed by atoms with E-state index in [4.69, 9.17) is 16.3 Å². The Labute approximate surface area is 161 Å². The van der Waals surface area contributed by atoms with E-state index in [1.165, 1.54) is 19.2 Å². The molecule has 1 aliphatic rings. The van der Waals surface area contributed by atoms with Crippen molar-refractivity contribution in [2.75, 3.05) is 19.0 Å². The average Bonchev–Trinajstić information content (AvgIpc) is 2.94. The molecule has 1 fully saturated rings. The molecule has 0 spiro atoms. The van der Waals surface area contributed by atoms with Crippen LogP contribution >= 0.6 is 11.6 Å². The Kier molecular flexibility index (Phi) is 6.25. The zero-order chi connectivity index (χ0) is 20.4. The molecule has 1 aromatic heterocycles.